The Hall–Kier alpha value is -1.88. The van der Waals surface area contributed by atoms with Crippen LogP contribution in [-0.4, -0.2) is 42.0 Å². The van der Waals surface area contributed by atoms with Gasteiger partial charge >= 0.3 is 0 Å². The van der Waals surface area contributed by atoms with Crippen molar-refractivity contribution in [2.45, 2.75) is 59.2 Å². The SMILES string of the molecule is CCC(=O)N(Cc1ccccc1)C(C)C(=O)NCCCOC(C)C. The van der Waals surface area contributed by atoms with E-state index < -0.39 is 6.04 Å². The Morgan fingerprint density at radius 2 is 1.83 bits per heavy atom. The first-order valence-electron chi connectivity index (χ1n) is 8.68. The van der Waals surface area contributed by atoms with Crippen molar-refractivity contribution in [3.8, 4) is 0 Å². The molecule has 0 fully saturated rings. The fourth-order valence-electron chi connectivity index (χ4n) is 2.32. The third-order valence-corrected chi connectivity index (χ3v) is 3.74. The summed E-state index contributed by atoms with van der Waals surface area (Å²) in [5.74, 6) is -0.151. The molecule has 0 saturated carbocycles. The molecule has 0 saturated heterocycles. The molecule has 0 radical (unpaired) electrons. The fourth-order valence-corrected chi connectivity index (χ4v) is 2.32. The molecule has 0 heterocycles. The van der Waals surface area contributed by atoms with Crippen molar-refractivity contribution in [3.05, 3.63) is 35.9 Å². The van der Waals surface area contributed by atoms with Crippen molar-refractivity contribution in [2.24, 2.45) is 0 Å². The first-order chi connectivity index (χ1) is 11.5. The smallest absolute Gasteiger partial charge is 0.242 e. The summed E-state index contributed by atoms with van der Waals surface area (Å²) < 4.78 is 5.45. The quantitative estimate of drug-likeness (QED) is 0.669. The van der Waals surface area contributed by atoms with Crippen LogP contribution in [0.1, 0.15) is 46.1 Å². The van der Waals surface area contributed by atoms with Crippen molar-refractivity contribution < 1.29 is 14.3 Å². The molecule has 1 atom stereocenters. The number of hydrogen-bond donors (Lipinski definition) is 1. The minimum Gasteiger partial charge on any atom is -0.379 e. The van der Waals surface area contributed by atoms with E-state index in [1.165, 1.54) is 0 Å². The lowest BCUT2D eigenvalue weighted by Crippen LogP contribution is -2.47. The molecule has 0 bridgehead atoms. The summed E-state index contributed by atoms with van der Waals surface area (Å²) in [6, 6.07) is 9.23. The van der Waals surface area contributed by atoms with Crippen molar-refractivity contribution in [1.29, 1.82) is 0 Å². The topological polar surface area (TPSA) is 58.6 Å². The van der Waals surface area contributed by atoms with Gasteiger partial charge in [0.2, 0.25) is 11.8 Å². The van der Waals surface area contributed by atoms with Gasteiger partial charge in [-0.3, -0.25) is 9.59 Å². The third-order valence-electron chi connectivity index (χ3n) is 3.74. The molecule has 0 aliphatic carbocycles. The van der Waals surface area contributed by atoms with Gasteiger partial charge in [-0.2, -0.15) is 0 Å². The zero-order valence-electron chi connectivity index (χ0n) is 15.2. The van der Waals surface area contributed by atoms with Gasteiger partial charge in [-0.25, -0.2) is 0 Å². The number of nitrogens with one attached hydrogen (secondary N) is 1. The first kappa shape index (κ1) is 20.2. The highest BCUT2D eigenvalue weighted by Gasteiger charge is 2.24. The molecule has 1 N–H and O–H groups in total. The molecule has 1 rings (SSSR count). The molecule has 0 aromatic heterocycles. The van der Waals surface area contributed by atoms with Gasteiger partial charge in [0.05, 0.1) is 6.10 Å². The fraction of sp³-hybridized carbons (Fsp3) is 0.579. The molecule has 1 aromatic carbocycles. The summed E-state index contributed by atoms with van der Waals surface area (Å²) >= 11 is 0. The highest BCUT2D eigenvalue weighted by molar-refractivity contribution is 5.87. The van der Waals surface area contributed by atoms with Crippen LogP contribution in [0, 0.1) is 0 Å². The molecule has 2 amide bonds. The summed E-state index contributed by atoms with van der Waals surface area (Å²) in [7, 11) is 0. The second-order valence-corrected chi connectivity index (χ2v) is 6.10. The monoisotopic (exact) mass is 334 g/mol. The third kappa shape index (κ3) is 7.13. The van der Waals surface area contributed by atoms with Gasteiger partial charge < -0.3 is 15.0 Å². The molecule has 5 heteroatoms. The summed E-state index contributed by atoms with van der Waals surface area (Å²) in [4.78, 5) is 26.2. The minimum absolute atomic E-state index is 0.0235. The largest absolute Gasteiger partial charge is 0.379 e. The number of carbonyl (C=O) groups is 2. The van der Waals surface area contributed by atoms with Crippen LogP contribution in [-0.2, 0) is 20.9 Å². The number of ether oxygens (including phenoxy) is 1. The van der Waals surface area contributed by atoms with Gasteiger partial charge in [0, 0.05) is 26.1 Å². The first-order valence-corrected chi connectivity index (χ1v) is 8.68. The number of nitrogens with zero attached hydrogens (tertiary/aromatic N) is 1. The number of amides is 2. The lowest BCUT2D eigenvalue weighted by Gasteiger charge is -2.28. The van der Waals surface area contributed by atoms with Crippen molar-refractivity contribution in [3.63, 3.8) is 0 Å². The summed E-state index contributed by atoms with van der Waals surface area (Å²) in [5, 5.41) is 2.89. The van der Waals surface area contributed by atoms with E-state index in [-0.39, 0.29) is 17.9 Å². The van der Waals surface area contributed by atoms with E-state index in [9.17, 15) is 9.59 Å². The molecular weight excluding hydrogens is 304 g/mol. The second kappa shape index (κ2) is 10.8. The molecule has 1 unspecified atom stereocenters. The Balaban J connectivity index is 2.55. The molecule has 134 valence electrons. The maximum atomic E-state index is 12.3. The lowest BCUT2D eigenvalue weighted by atomic mass is 10.1. The van der Waals surface area contributed by atoms with E-state index in [1.807, 2.05) is 51.1 Å². The molecule has 1 aromatic rings. The molecule has 24 heavy (non-hydrogen) atoms. The summed E-state index contributed by atoms with van der Waals surface area (Å²) in [5.41, 5.74) is 1.02. The van der Waals surface area contributed by atoms with Crippen LogP contribution < -0.4 is 5.32 Å². The molecular formula is C19H30N2O3. The van der Waals surface area contributed by atoms with E-state index in [4.69, 9.17) is 4.74 Å². The van der Waals surface area contributed by atoms with Crippen LogP contribution in [0.3, 0.4) is 0 Å². The molecule has 0 aliphatic rings. The van der Waals surface area contributed by atoms with E-state index in [2.05, 4.69) is 5.32 Å². The summed E-state index contributed by atoms with van der Waals surface area (Å²) in [6.45, 7) is 9.17. The predicted molar refractivity (Wildman–Crippen MR) is 95.5 cm³/mol. The standard InChI is InChI=1S/C19H30N2O3/c1-5-18(22)21(14-17-10-7-6-8-11-17)16(4)19(23)20-12-9-13-24-15(2)3/h6-8,10-11,15-16H,5,9,12-14H2,1-4H3,(H,20,23). The average Bonchev–Trinajstić information content (AvgIpc) is 2.58. The van der Waals surface area contributed by atoms with Crippen LogP contribution >= 0.6 is 0 Å². The second-order valence-electron chi connectivity index (χ2n) is 6.10. The molecule has 0 spiro atoms. The highest BCUT2D eigenvalue weighted by Crippen LogP contribution is 2.10. The maximum absolute atomic E-state index is 12.3. The Morgan fingerprint density at radius 1 is 1.17 bits per heavy atom. The van der Waals surface area contributed by atoms with Crippen LogP contribution in [0.2, 0.25) is 0 Å². The van der Waals surface area contributed by atoms with Crippen molar-refractivity contribution in [1.82, 2.24) is 10.2 Å². The van der Waals surface area contributed by atoms with E-state index in [0.717, 1.165) is 12.0 Å². The van der Waals surface area contributed by atoms with Gasteiger partial charge in [-0.1, -0.05) is 37.3 Å². The van der Waals surface area contributed by atoms with Crippen LogP contribution in [0.5, 0.6) is 0 Å². The van der Waals surface area contributed by atoms with Crippen molar-refractivity contribution in [2.75, 3.05) is 13.2 Å². The zero-order valence-corrected chi connectivity index (χ0v) is 15.2. The van der Waals surface area contributed by atoms with Crippen molar-refractivity contribution >= 4 is 11.8 Å². The maximum Gasteiger partial charge on any atom is 0.242 e. The Labute approximate surface area is 145 Å². The average molecular weight is 334 g/mol. The predicted octanol–water partition coefficient (Wildman–Crippen LogP) is 2.75. The van der Waals surface area contributed by atoms with E-state index >= 15 is 0 Å². The Morgan fingerprint density at radius 3 is 2.42 bits per heavy atom. The van der Waals surface area contributed by atoms with Gasteiger partial charge in [0.25, 0.3) is 0 Å². The highest BCUT2D eigenvalue weighted by atomic mass is 16.5. The van der Waals surface area contributed by atoms with Gasteiger partial charge in [0.1, 0.15) is 6.04 Å². The van der Waals surface area contributed by atoms with E-state index in [1.54, 1.807) is 11.8 Å². The number of carbonyl (C=O) groups excluding carboxylic acids is 2. The van der Waals surface area contributed by atoms with Crippen LogP contribution in [0.4, 0.5) is 0 Å². The Kier molecular flexibility index (Phi) is 9.08. The zero-order chi connectivity index (χ0) is 17.9. The van der Waals surface area contributed by atoms with Crippen LogP contribution in [0.15, 0.2) is 30.3 Å². The number of hydrogen-bond acceptors (Lipinski definition) is 3. The summed E-state index contributed by atoms with van der Waals surface area (Å²) in [6.07, 6.45) is 1.34. The normalized spacial score (nSPS) is 12.0. The Bertz CT molecular complexity index is 503. The lowest BCUT2D eigenvalue weighted by molar-refractivity contribution is -0.140. The van der Waals surface area contributed by atoms with Crippen LogP contribution in [0.25, 0.3) is 0 Å². The number of benzene rings is 1. The number of rotatable bonds is 10. The minimum atomic E-state index is -0.497. The van der Waals surface area contributed by atoms with E-state index in [0.29, 0.717) is 26.1 Å². The van der Waals surface area contributed by atoms with Gasteiger partial charge in [-0.15, -0.1) is 0 Å². The molecule has 5 nitrogen and oxygen atoms in total. The van der Waals surface area contributed by atoms with Gasteiger partial charge in [0.15, 0.2) is 0 Å². The molecule has 0 aliphatic heterocycles. The van der Waals surface area contributed by atoms with Gasteiger partial charge in [-0.05, 0) is 32.8 Å².